The SMILES string of the molecule is CCC1CCCC(C(O)c2ccc(F)c(Cl)c2)C1. The van der Waals surface area contributed by atoms with Gasteiger partial charge in [0.15, 0.2) is 0 Å². The topological polar surface area (TPSA) is 20.2 Å². The van der Waals surface area contributed by atoms with Crippen LogP contribution in [0, 0.1) is 17.7 Å². The van der Waals surface area contributed by atoms with Gasteiger partial charge in [0.25, 0.3) is 0 Å². The Morgan fingerprint density at radius 3 is 2.89 bits per heavy atom. The van der Waals surface area contributed by atoms with Crippen molar-refractivity contribution in [3.8, 4) is 0 Å². The zero-order chi connectivity index (χ0) is 13.1. The molecule has 3 atom stereocenters. The van der Waals surface area contributed by atoms with Gasteiger partial charge >= 0.3 is 0 Å². The highest BCUT2D eigenvalue weighted by Crippen LogP contribution is 2.38. The molecule has 100 valence electrons. The van der Waals surface area contributed by atoms with Crippen molar-refractivity contribution in [1.29, 1.82) is 0 Å². The molecule has 1 aromatic carbocycles. The average Bonchev–Trinajstić information content (AvgIpc) is 2.41. The van der Waals surface area contributed by atoms with Gasteiger partial charge in [0.05, 0.1) is 11.1 Å². The van der Waals surface area contributed by atoms with Crippen LogP contribution in [-0.2, 0) is 0 Å². The van der Waals surface area contributed by atoms with Gasteiger partial charge in [-0.15, -0.1) is 0 Å². The number of rotatable bonds is 3. The Balaban J connectivity index is 2.10. The maximum Gasteiger partial charge on any atom is 0.141 e. The van der Waals surface area contributed by atoms with Crippen LogP contribution in [0.25, 0.3) is 0 Å². The van der Waals surface area contributed by atoms with Gasteiger partial charge < -0.3 is 5.11 Å². The monoisotopic (exact) mass is 270 g/mol. The first-order valence-corrected chi connectivity index (χ1v) is 7.12. The van der Waals surface area contributed by atoms with E-state index in [1.165, 1.54) is 25.3 Å². The van der Waals surface area contributed by atoms with E-state index in [1.54, 1.807) is 12.1 Å². The van der Waals surface area contributed by atoms with E-state index in [0.29, 0.717) is 5.92 Å². The Hall–Kier alpha value is -0.600. The van der Waals surface area contributed by atoms with E-state index in [-0.39, 0.29) is 10.9 Å². The van der Waals surface area contributed by atoms with Gasteiger partial charge in [-0.05, 0) is 42.4 Å². The molecule has 2 rings (SSSR count). The molecule has 1 aliphatic rings. The van der Waals surface area contributed by atoms with Gasteiger partial charge in [-0.3, -0.25) is 0 Å². The maximum atomic E-state index is 13.1. The van der Waals surface area contributed by atoms with Crippen LogP contribution in [0.5, 0.6) is 0 Å². The van der Waals surface area contributed by atoms with E-state index >= 15 is 0 Å². The lowest BCUT2D eigenvalue weighted by atomic mass is 9.76. The molecule has 18 heavy (non-hydrogen) atoms. The van der Waals surface area contributed by atoms with Gasteiger partial charge in [0, 0.05) is 0 Å². The molecular formula is C15H20ClFO. The minimum atomic E-state index is -0.516. The number of aliphatic hydroxyl groups excluding tert-OH is 1. The Morgan fingerprint density at radius 1 is 1.44 bits per heavy atom. The van der Waals surface area contributed by atoms with Crippen molar-refractivity contribution < 1.29 is 9.50 Å². The summed E-state index contributed by atoms with van der Waals surface area (Å²) in [6.45, 7) is 2.20. The third-order valence-electron chi connectivity index (χ3n) is 4.13. The van der Waals surface area contributed by atoms with Gasteiger partial charge in [0.2, 0.25) is 0 Å². The molecule has 1 aromatic rings. The van der Waals surface area contributed by atoms with E-state index in [2.05, 4.69) is 6.92 Å². The fraction of sp³-hybridized carbons (Fsp3) is 0.600. The Bertz CT molecular complexity index is 407. The average molecular weight is 271 g/mol. The highest BCUT2D eigenvalue weighted by atomic mass is 35.5. The lowest BCUT2D eigenvalue weighted by Gasteiger charge is -2.32. The molecule has 0 aliphatic heterocycles. The van der Waals surface area contributed by atoms with Crippen molar-refractivity contribution in [2.45, 2.75) is 45.1 Å². The summed E-state index contributed by atoms with van der Waals surface area (Å²) < 4.78 is 13.1. The zero-order valence-electron chi connectivity index (χ0n) is 10.7. The van der Waals surface area contributed by atoms with Gasteiger partial charge in [-0.2, -0.15) is 0 Å². The second-order valence-electron chi connectivity index (χ2n) is 5.32. The first-order chi connectivity index (χ1) is 8.61. The molecule has 0 radical (unpaired) electrons. The zero-order valence-corrected chi connectivity index (χ0v) is 11.5. The van der Waals surface area contributed by atoms with Crippen LogP contribution in [0.3, 0.4) is 0 Å². The Morgan fingerprint density at radius 2 is 2.22 bits per heavy atom. The number of benzene rings is 1. The van der Waals surface area contributed by atoms with Crippen LogP contribution < -0.4 is 0 Å². The number of aliphatic hydroxyl groups is 1. The first kappa shape index (κ1) is 13.8. The first-order valence-electron chi connectivity index (χ1n) is 6.74. The Labute approximate surface area is 113 Å². The van der Waals surface area contributed by atoms with Crippen LogP contribution in [0.1, 0.15) is 50.7 Å². The molecule has 1 aliphatic carbocycles. The van der Waals surface area contributed by atoms with E-state index in [4.69, 9.17) is 11.6 Å². The summed E-state index contributed by atoms with van der Waals surface area (Å²) in [4.78, 5) is 0. The molecule has 1 saturated carbocycles. The largest absolute Gasteiger partial charge is 0.388 e. The van der Waals surface area contributed by atoms with E-state index in [1.807, 2.05) is 0 Å². The summed E-state index contributed by atoms with van der Waals surface area (Å²) in [5.41, 5.74) is 0.739. The number of hydrogen-bond acceptors (Lipinski definition) is 1. The summed E-state index contributed by atoms with van der Waals surface area (Å²) in [7, 11) is 0. The van der Waals surface area contributed by atoms with Crippen molar-refractivity contribution in [2.75, 3.05) is 0 Å². The van der Waals surface area contributed by atoms with Crippen molar-refractivity contribution in [1.82, 2.24) is 0 Å². The Kier molecular flexibility index (Phi) is 4.63. The lowest BCUT2D eigenvalue weighted by Crippen LogP contribution is -2.21. The molecule has 0 saturated heterocycles. The minimum absolute atomic E-state index is 0.0920. The quantitative estimate of drug-likeness (QED) is 0.842. The van der Waals surface area contributed by atoms with Crippen LogP contribution in [-0.4, -0.2) is 5.11 Å². The third kappa shape index (κ3) is 3.04. The second-order valence-corrected chi connectivity index (χ2v) is 5.73. The molecule has 3 heteroatoms. The summed E-state index contributed by atoms with van der Waals surface area (Å²) in [6, 6.07) is 4.53. The molecule has 1 N–H and O–H groups in total. The summed E-state index contributed by atoms with van der Waals surface area (Å²) in [5, 5.41) is 10.5. The van der Waals surface area contributed by atoms with E-state index < -0.39 is 11.9 Å². The third-order valence-corrected chi connectivity index (χ3v) is 4.42. The predicted octanol–water partition coefficient (Wildman–Crippen LogP) is 4.73. The molecule has 1 nitrogen and oxygen atoms in total. The minimum Gasteiger partial charge on any atom is -0.388 e. The fourth-order valence-corrected chi connectivity index (χ4v) is 3.15. The molecule has 0 aromatic heterocycles. The number of hydrogen-bond donors (Lipinski definition) is 1. The molecular weight excluding hydrogens is 251 g/mol. The van der Waals surface area contributed by atoms with Crippen molar-refractivity contribution in [2.24, 2.45) is 11.8 Å². The highest BCUT2D eigenvalue weighted by Gasteiger charge is 2.27. The molecule has 0 bridgehead atoms. The highest BCUT2D eigenvalue weighted by molar-refractivity contribution is 6.30. The van der Waals surface area contributed by atoms with Crippen molar-refractivity contribution in [3.63, 3.8) is 0 Å². The standard InChI is InChI=1S/C15H20ClFO/c1-2-10-4-3-5-11(8-10)15(18)12-6-7-14(17)13(16)9-12/h6-7,9-11,15,18H,2-5,8H2,1H3. The van der Waals surface area contributed by atoms with Gasteiger partial charge in [-0.1, -0.05) is 43.9 Å². The molecule has 0 amide bonds. The van der Waals surface area contributed by atoms with Crippen molar-refractivity contribution in [3.05, 3.63) is 34.6 Å². The van der Waals surface area contributed by atoms with Crippen LogP contribution >= 0.6 is 11.6 Å². The van der Waals surface area contributed by atoms with E-state index in [9.17, 15) is 9.50 Å². The molecule has 3 unspecified atom stereocenters. The molecule has 1 fully saturated rings. The lowest BCUT2D eigenvalue weighted by molar-refractivity contribution is 0.0677. The summed E-state index contributed by atoms with van der Waals surface area (Å²) in [5.74, 6) is 0.572. The maximum absolute atomic E-state index is 13.1. The van der Waals surface area contributed by atoms with Crippen LogP contribution in [0.15, 0.2) is 18.2 Å². The smallest absolute Gasteiger partial charge is 0.141 e. The number of halogens is 2. The van der Waals surface area contributed by atoms with Crippen LogP contribution in [0.2, 0.25) is 5.02 Å². The molecule has 0 spiro atoms. The van der Waals surface area contributed by atoms with Gasteiger partial charge in [-0.25, -0.2) is 4.39 Å². The fourth-order valence-electron chi connectivity index (χ4n) is 2.96. The van der Waals surface area contributed by atoms with Gasteiger partial charge in [0.1, 0.15) is 5.82 Å². The second kappa shape index (κ2) is 6.03. The van der Waals surface area contributed by atoms with Crippen molar-refractivity contribution >= 4 is 11.6 Å². The summed E-state index contributed by atoms with van der Waals surface area (Å²) in [6.07, 6.45) is 5.21. The normalized spacial score (nSPS) is 26.0. The summed E-state index contributed by atoms with van der Waals surface area (Å²) >= 11 is 5.77. The van der Waals surface area contributed by atoms with E-state index in [0.717, 1.165) is 18.4 Å². The molecule has 0 heterocycles. The predicted molar refractivity (Wildman–Crippen MR) is 72.1 cm³/mol. The van der Waals surface area contributed by atoms with Crippen LogP contribution in [0.4, 0.5) is 4.39 Å².